The van der Waals surface area contributed by atoms with Crippen LogP contribution in [0.15, 0.2) is 0 Å². The average Bonchev–Trinajstić information content (AvgIpc) is 2.15. The van der Waals surface area contributed by atoms with Crippen molar-refractivity contribution in [2.75, 3.05) is 11.9 Å². The quantitative estimate of drug-likeness (QED) is 0.461. The Morgan fingerprint density at radius 3 is 2.07 bits per heavy atom. The normalized spacial score (nSPS) is 10.0. The van der Waals surface area contributed by atoms with E-state index in [9.17, 15) is 22.4 Å². The van der Waals surface area contributed by atoms with Crippen molar-refractivity contribution >= 4 is 12.0 Å². The van der Waals surface area contributed by atoms with E-state index in [-0.39, 0.29) is 6.29 Å². The molecular weight excluding hydrogens is 204 g/mol. The molecule has 0 fully saturated rings. The molecule has 3 nitrogen and oxygen atoms in total. The van der Waals surface area contributed by atoms with E-state index in [4.69, 9.17) is 0 Å². The summed E-state index contributed by atoms with van der Waals surface area (Å²) in [5.41, 5.74) is -1.04. The van der Waals surface area contributed by atoms with Gasteiger partial charge in [-0.15, -0.1) is 0 Å². The molecule has 0 aromatic carbocycles. The lowest BCUT2D eigenvalue weighted by molar-refractivity contribution is -0.106. The molecule has 0 bridgehead atoms. The Morgan fingerprint density at radius 2 is 1.64 bits per heavy atom. The Morgan fingerprint density at radius 1 is 1.14 bits per heavy atom. The topological polar surface area (TPSA) is 42.0 Å². The average molecular weight is 208 g/mol. The smallest absolute Gasteiger partial charge is 0.253 e. The Balaban J connectivity index is 3.17. The summed E-state index contributed by atoms with van der Waals surface area (Å²) in [5.74, 6) is -6.86. The van der Waals surface area contributed by atoms with Crippen LogP contribution in [-0.2, 0) is 4.79 Å². The first kappa shape index (κ1) is 10.4. The van der Waals surface area contributed by atoms with Gasteiger partial charge < -0.3 is 10.1 Å². The van der Waals surface area contributed by atoms with Crippen LogP contribution in [0.5, 0.6) is 0 Å². The van der Waals surface area contributed by atoms with E-state index < -0.39 is 35.8 Å². The highest BCUT2D eigenvalue weighted by atomic mass is 19.2. The summed E-state index contributed by atoms with van der Waals surface area (Å²) >= 11 is 0. The molecular formula is C7H4F4N2O. The Hall–Kier alpha value is -1.66. The maximum Gasteiger partial charge on any atom is 0.253 e. The van der Waals surface area contributed by atoms with E-state index in [1.54, 1.807) is 0 Å². The van der Waals surface area contributed by atoms with Crippen molar-refractivity contribution in [1.82, 2.24) is 4.98 Å². The van der Waals surface area contributed by atoms with Crippen LogP contribution < -0.4 is 5.32 Å². The van der Waals surface area contributed by atoms with E-state index in [0.29, 0.717) is 0 Å². The van der Waals surface area contributed by atoms with Crippen molar-refractivity contribution in [3.05, 3.63) is 23.5 Å². The number of aromatic nitrogens is 1. The van der Waals surface area contributed by atoms with Crippen molar-refractivity contribution in [3.63, 3.8) is 0 Å². The predicted molar refractivity (Wildman–Crippen MR) is 38.6 cm³/mol. The maximum absolute atomic E-state index is 12.7. The zero-order valence-corrected chi connectivity index (χ0v) is 6.65. The van der Waals surface area contributed by atoms with E-state index in [2.05, 4.69) is 4.98 Å². The number of rotatable bonds is 3. The zero-order valence-electron chi connectivity index (χ0n) is 6.65. The van der Waals surface area contributed by atoms with Gasteiger partial charge in [0.2, 0.25) is 11.6 Å². The van der Waals surface area contributed by atoms with Gasteiger partial charge in [-0.1, -0.05) is 0 Å². The lowest BCUT2D eigenvalue weighted by Gasteiger charge is -2.05. The third kappa shape index (κ3) is 1.81. The monoisotopic (exact) mass is 208 g/mol. The van der Waals surface area contributed by atoms with Gasteiger partial charge >= 0.3 is 0 Å². The zero-order chi connectivity index (χ0) is 10.7. The minimum absolute atomic E-state index is 0.287. The van der Waals surface area contributed by atoms with Gasteiger partial charge in [-0.3, -0.25) is 0 Å². The van der Waals surface area contributed by atoms with Crippen LogP contribution in [0.4, 0.5) is 23.2 Å². The van der Waals surface area contributed by atoms with Crippen LogP contribution >= 0.6 is 0 Å². The van der Waals surface area contributed by atoms with Gasteiger partial charge in [0.1, 0.15) is 12.0 Å². The molecule has 1 N–H and O–H groups in total. The number of halogens is 4. The second-order valence-corrected chi connectivity index (χ2v) is 2.24. The fourth-order valence-corrected chi connectivity index (χ4v) is 0.786. The molecule has 0 aliphatic heterocycles. The van der Waals surface area contributed by atoms with Crippen molar-refractivity contribution in [1.29, 1.82) is 0 Å². The van der Waals surface area contributed by atoms with Gasteiger partial charge in [-0.2, -0.15) is 22.5 Å². The Kier molecular flexibility index (Phi) is 3.00. The highest BCUT2D eigenvalue weighted by molar-refractivity contribution is 5.59. The van der Waals surface area contributed by atoms with Crippen LogP contribution in [0.2, 0.25) is 0 Å². The van der Waals surface area contributed by atoms with E-state index in [0.717, 1.165) is 0 Å². The summed E-state index contributed by atoms with van der Waals surface area (Å²) < 4.78 is 50.3. The molecule has 0 amide bonds. The van der Waals surface area contributed by atoms with Crippen molar-refractivity contribution < 1.29 is 22.4 Å². The number of nitrogens with one attached hydrogen (secondary N) is 1. The van der Waals surface area contributed by atoms with Gasteiger partial charge in [0, 0.05) is 0 Å². The number of carbonyl (C=O) groups is 1. The largest absolute Gasteiger partial charge is 0.373 e. The highest BCUT2D eigenvalue weighted by Gasteiger charge is 2.19. The molecule has 1 aromatic rings. The summed E-state index contributed by atoms with van der Waals surface area (Å²) in [6, 6.07) is 0. The summed E-state index contributed by atoms with van der Waals surface area (Å²) in [7, 11) is 0. The number of hydrogen-bond donors (Lipinski definition) is 1. The molecule has 0 spiro atoms. The first-order chi connectivity index (χ1) is 6.57. The second-order valence-electron chi connectivity index (χ2n) is 2.24. The number of hydrogen-bond acceptors (Lipinski definition) is 3. The van der Waals surface area contributed by atoms with Gasteiger partial charge in [0.15, 0.2) is 0 Å². The molecule has 76 valence electrons. The molecule has 1 aromatic heterocycles. The Bertz CT molecular complexity index is 343. The van der Waals surface area contributed by atoms with Gasteiger partial charge in [-0.05, 0) is 0 Å². The van der Waals surface area contributed by atoms with Crippen molar-refractivity contribution in [2.24, 2.45) is 0 Å². The molecule has 14 heavy (non-hydrogen) atoms. The molecule has 0 radical (unpaired) electrons. The lowest BCUT2D eigenvalue weighted by Crippen LogP contribution is -2.10. The standard InChI is InChI=1S/C7H4F4N2O/c8-3-5(12-1-2-14)4(9)7(11)13-6(3)10/h2H,1H2,(H,12,13). The van der Waals surface area contributed by atoms with Crippen LogP contribution in [0.1, 0.15) is 0 Å². The van der Waals surface area contributed by atoms with Crippen LogP contribution in [-0.4, -0.2) is 17.8 Å². The Labute approximate surface area is 75.8 Å². The predicted octanol–water partition coefficient (Wildman–Crippen LogP) is 1.25. The van der Waals surface area contributed by atoms with Crippen LogP contribution in [0.3, 0.4) is 0 Å². The van der Waals surface area contributed by atoms with E-state index in [1.165, 1.54) is 0 Å². The van der Waals surface area contributed by atoms with Gasteiger partial charge in [0.05, 0.1) is 6.54 Å². The third-order valence-corrected chi connectivity index (χ3v) is 1.36. The minimum atomic E-state index is -1.77. The van der Waals surface area contributed by atoms with Crippen LogP contribution in [0.25, 0.3) is 0 Å². The minimum Gasteiger partial charge on any atom is -0.373 e. The first-order valence-electron chi connectivity index (χ1n) is 3.45. The molecule has 0 unspecified atom stereocenters. The fraction of sp³-hybridized carbons (Fsp3) is 0.143. The maximum atomic E-state index is 12.7. The number of nitrogens with zero attached hydrogens (tertiary/aromatic N) is 1. The number of aldehydes is 1. The van der Waals surface area contributed by atoms with Crippen molar-refractivity contribution in [3.8, 4) is 0 Å². The molecule has 0 saturated heterocycles. The molecule has 1 heterocycles. The van der Waals surface area contributed by atoms with Crippen LogP contribution in [0, 0.1) is 23.5 Å². The van der Waals surface area contributed by atoms with E-state index in [1.807, 2.05) is 5.32 Å². The van der Waals surface area contributed by atoms with Gasteiger partial charge in [-0.25, -0.2) is 0 Å². The van der Waals surface area contributed by atoms with Crippen molar-refractivity contribution in [2.45, 2.75) is 0 Å². The lowest BCUT2D eigenvalue weighted by atomic mass is 10.3. The number of pyridine rings is 1. The number of carbonyl (C=O) groups excluding carboxylic acids is 1. The molecule has 1 rings (SSSR count). The number of anilines is 1. The van der Waals surface area contributed by atoms with E-state index >= 15 is 0 Å². The third-order valence-electron chi connectivity index (χ3n) is 1.36. The summed E-state index contributed by atoms with van der Waals surface area (Å²) in [6.45, 7) is -0.462. The fourth-order valence-electron chi connectivity index (χ4n) is 0.786. The molecule has 0 saturated carbocycles. The van der Waals surface area contributed by atoms with Gasteiger partial charge in [0.25, 0.3) is 11.9 Å². The molecule has 7 heteroatoms. The summed E-state index contributed by atoms with van der Waals surface area (Å²) in [4.78, 5) is 12.2. The second kappa shape index (κ2) is 4.03. The summed E-state index contributed by atoms with van der Waals surface area (Å²) in [6.07, 6.45) is 0.287. The molecule has 0 aliphatic rings. The summed E-state index contributed by atoms with van der Waals surface area (Å²) in [5, 5.41) is 1.87. The molecule has 0 atom stereocenters. The molecule has 0 aliphatic carbocycles. The highest BCUT2D eigenvalue weighted by Crippen LogP contribution is 2.21. The first-order valence-corrected chi connectivity index (χ1v) is 3.45. The SMILES string of the molecule is O=CCNc1c(F)c(F)nc(F)c1F.